The molecule has 0 spiro atoms. The zero-order chi connectivity index (χ0) is 15.2. The Bertz CT molecular complexity index is 610. The molecule has 0 fully saturated rings. The lowest BCUT2D eigenvalue weighted by Gasteiger charge is -2.15. The first-order valence-corrected chi connectivity index (χ1v) is 6.74. The van der Waals surface area contributed by atoms with E-state index in [0.717, 1.165) is 5.56 Å². The molecule has 0 aliphatic rings. The predicted molar refractivity (Wildman–Crippen MR) is 80.2 cm³/mol. The van der Waals surface area contributed by atoms with Gasteiger partial charge in [0.15, 0.2) is 6.10 Å². The van der Waals surface area contributed by atoms with Crippen molar-refractivity contribution < 1.29 is 19.4 Å². The highest BCUT2D eigenvalue weighted by molar-refractivity contribution is 6.30. The highest BCUT2D eigenvalue weighted by atomic mass is 35.5. The lowest BCUT2D eigenvalue weighted by atomic mass is 10.1. The van der Waals surface area contributed by atoms with E-state index in [2.05, 4.69) is 0 Å². The summed E-state index contributed by atoms with van der Waals surface area (Å²) in [6, 6.07) is 13.9. The van der Waals surface area contributed by atoms with Crippen molar-refractivity contribution in [3.63, 3.8) is 0 Å². The summed E-state index contributed by atoms with van der Waals surface area (Å²) in [5.74, 6) is 0.139. The van der Waals surface area contributed by atoms with Crippen molar-refractivity contribution in [2.75, 3.05) is 7.11 Å². The van der Waals surface area contributed by atoms with Gasteiger partial charge in [-0.2, -0.15) is 0 Å². The van der Waals surface area contributed by atoms with Gasteiger partial charge in [-0.25, -0.2) is 4.79 Å². The highest BCUT2D eigenvalue weighted by Crippen LogP contribution is 2.20. The fourth-order valence-electron chi connectivity index (χ4n) is 1.88. The molecule has 0 amide bonds. The number of benzene rings is 2. The lowest BCUT2D eigenvalue weighted by molar-refractivity contribution is -0.145. The molecule has 0 aliphatic heterocycles. The van der Waals surface area contributed by atoms with Crippen molar-refractivity contribution in [3.05, 3.63) is 59.1 Å². The first-order chi connectivity index (χ1) is 10.1. The van der Waals surface area contributed by atoms with Gasteiger partial charge in [0.2, 0.25) is 0 Å². The zero-order valence-electron chi connectivity index (χ0n) is 11.5. The molecule has 0 radical (unpaired) electrons. The van der Waals surface area contributed by atoms with E-state index in [-0.39, 0.29) is 6.42 Å². The summed E-state index contributed by atoms with van der Waals surface area (Å²) in [6.07, 6.45) is -0.737. The number of carbonyl (C=O) groups is 1. The molecule has 21 heavy (non-hydrogen) atoms. The molecule has 5 heteroatoms. The molecule has 4 nitrogen and oxygen atoms in total. The maximum absolute atomic E-state index is 11.3. The fourth-order valence-corrected chi connectivity index (χ4v) is 2.09. The molecule has 0 bridgehead atoms. The number of rotatable bonds is 6. The lowest BCUT2D eigenvalue weighted by Crippen LogP contribution is -2.29. The first kappa shape index (κ1) is 15.2. The minimum absolute atomic E-state index is 0.238. The van der Waals surface area contributed by atoms with E-state index in [1.807, 2.05) is 6.07 Å². The van der Waals surface area contributed by atoms with Gasteiger partial charge in [-0.1, -0.05) is 23.7 Å². The van der Waals surface area contributed by atoms with Crippen LogP contribution in [0.25, 0.3) is 0 Å². The summed E-state index contributed by atoms with van der Waals surface area (Å²) in [5, 5.41) is 9.85. The molecule has 0 unspecified atom stereocenters. The predicted octanol–water partition coefficient (Wildman–Crippen LogP) is 3.42. The molecule has 1 N–H and O–H groups in total. The summed E-state index contributed by atoms with van der Waals surface area (Å²) in [7, 11) is 1.56. The number of halogens is 1. The highest BCUT2D eigenvalue weighted by Gasteiger charge is 2.20. The van der Waals surface area contributed by atoms with Crippen molar-refractivity contribution in [1.82, 2.24) is 0 Å². The van der Waals surface area contributed by atoms with E-state index in [1.165, 1.54) is 0 Å². The molecule has 1 atom stereocenters. The average molecular weight is 307 g/mol. The Morgan fingerprint density at radius 2 is 1.86 bits per heavy atom. The molecule has 2 rings (SSSR count). The molecule has 2 aromatic carbocycles. The summed E-state index contributed by atoms with van der Waals surface area (Å²) < 4.78 is 10.6. The van der Waals surface area contributed by atoms with Crippen LogP contribution in [0.15, 0.2) is 48.5 Å². The van der Waals surface area contributed by atoms with Crippen LogP contribution in [0.4, 0.5) is 0 Å². The van der Waals surface area contributed by atoms with Crippen LogP contribution in [0, 0.1) is 0 Å². The topological polar surface area (TPSA) is 55.8 Å². The summed E-state index contributed by atoms with van der Waals surface area (Å²) in [4.78, 5) is 11.3. The SMILES string of the molecule is COc1ccc(O[C@H](Cc2cccc(Cl)c2)C(=O)O)cc1. The number of hydrogen-bond acceptors (Lipinski definition) is 3. The van der Waals surface area contributed by atoms with Crippen molar-refractivity contribution in [1.29, 1.82) is 0 Å². The van der Waals surface area contributed by atoms with Gasteiger partial charge >= 0.3 is 5.97 Å². The van der Waals surface area contributed by atoms with Crippen LogP contribution < -0.4 is 9.47 Å². The summed E-state index contributed by atoms with van der Waals surface area (Å²) in [5.41, 5.74) is 0.809. The molecule has 0 saturated carbocycles. The molecule has 0 aliphatic carbocycles. The third kappa shape index (κ3) is 4.39. The van der Waals surface area contributed by atoms with Crippen LogP contribution in [0.2, 0.25) is 5.02 Å². The van der Waals surface area contributed by atoms with Gasteiger partial charge in [-0.15, -0.1) is 0 Å². The molecule has 2 aromatic rings. The fraction of sp³-hybridized carbons (Fsp3) is 0.188. The molecule has 0 aromatic heterocycles. The Kier molecular flexibility index (Phi) is 5.06. The van der Waals surface area contributed by atoms with E-state index in [0.29, 0.717) is 16.5 Å². The number of ether oxygens (including phenoxy) is 2. The van der Waals surface area contributed by atoms with Crippen molar-refractivity contribution in [3.8, 4) is 11.5 Å². The maximum atomic E-state index is 11.3. The Labute approximate surface area is 127 Å². The minimum Gasteiger partial charge on any atom is -0.497 e. The van der Waals surface area contributed by atoms with Crippen LogP contribution in [-0.4, -0.2) is 24.3 Å². The van der Waals surface area contributed by atoms with Gasteiger partial charge < -0.3 is 14.6 Å². The van der Waals surface area contributed by atoms with Gasteiger partial charge in [-0.05, 0) is 42.0 Å². The number of aliphatic carboxylic acids is 1. The summed E-state index contributed by atoms with van der Waals surface area (Å²) >= 11 is 5.90. The Morgan fingerprint density at radius 3 is 2.43 bits per heavy atom. The van der Waals surface area contributed by atoms with Gasteiger partial charge in [0.25, 0.3) is 0 Å². The first-order valence-electron chi connectivity index (χ1n) is 6.36. The molecular formula is C16H15ClO4. The van der Waals surface area contributed by atoms with Crippen LogP contribution in [0.5, 0.6) is 11.5 Å². The van der Waals surface area contributed by atoms with E-state index >= 15 is 0 Å². The molecular weight excluding hydrogens is 292 g/mol. The monoisotopic (exact) mass is 306 g/mol. The minimum atomic E-state index is -1.02. The van der Waals surface area contributed by atoms with E-state index in [1.54, 1.807) is 49.6 Å². The van der Waals surface area contributed by atoms with Gasteiger partial charge in [0, 0.05) is 11.4 Å². The van der Waals surface area contributed by atoms with Gasteiger partial charge in [0.05, 0.1) is 7.11 Å². The number of carboxylic acids is 1. The van der Waals surface area contributed by atoms with Crippen molar-refractivity contribution >= 4 is 17.6 Å². The van der Waals surface area contributed by atoms with Gasteiger partial charge in [0.1, 0.15) is 11.5 Å². The van der Waals surface area contributed by atoms with Crippen LogP contribution in [-0.2, 0) is 11.2 Å². The second-order valence-electron chi connectivity index (χ2n) is 4.45. The Balaban J connectivity index is 2.10. The number of carboxylic acid groups (broad SMARTS) is 1. The van der Waals surface area contributed by atoms with Crippen LogP contribution >= 0.6 is 11.6 Å². The molecule has 0 heterocycles. The third-order valence-electron chi connectivity index (χ3n) is 2.92. The van der Waals surface area contributed by atoms with E-state index in [9.17, 15) is 9.90 Å². The Morgan fingerprint density at radius 1 is 1.19 bits per heavy atom. The quantitative estimate of drug-likeness (QED) is 0.888. The smallest absolute Gasteiger partial charge is 0.345 e. The summed E-state index contributed by atoms with van der Waals surface area (Å²) in [6.45, 7) is 0. The van der Waals surface area contributed by atoms with Gasteiger partial charge in [-0.3, -0.25) is 0 Å². The second-order valence-corrected chi connectivity index (χ2v) is 4.89. The van der Waals surface area contributed by atoms with E-state index < -0.39 is 12.1 Å². The molecule has 0 saturated heterocycles. The van der Waals surface area contributed by atoms with E-state index in [4.69, 9.17) is 21.1 Å². The standard InChI is InChI=1S/C16H15ClO4/c1-20-13-5-7-14(8-6-13)21-15(16(18)19)10-11-3-2-4-12(17)9-11/h2-9,15H,10H2,1H3,(H,18,19)/t15-/m1/s1. The number of methoxy groups -OCH3 is 1. The average Bonchev–Trinajstić information content (AvgIpc) is 2.47. The maximum Gasteiger partial charge on any atom is 0.345 e. The number of hydrogen-bond donors (Lipinski definition) is 1. The zero-order valence-corrected chi connectivity index (χ0v) is 12.2. The van der Waals surface area contributed by atoms with Crippen molar-refractivity contribution in [2.45, 2.75) is 12.5 Å². The molecule has 110 valence electrons. The normalized spacial score (nSPS) is 11.7. The third-order valence-corrected chi connectivity index (χ3v) is 3.16. The van der Waals surface area contributed by atoms with Crippen molar-refractivity contribution in [2.24, 2.45) is 0 Å². The Hall–Kier alpha value is -2.20. The van der Waals surface area contributed by atoms with Crippen LogP contribution in [0.3, 0.4) is 0 Å². The van der Waals surface area contributed by atoms with Crippen LogP contribution in [0.1, 0.15) is 5.56 Å². The largest absolute Gasteiger partial charge is 0.497 e. The second kappa shape index (κ2) is 6.99.